The molecule has 0 unspecified atom stereocenters. The van der Waals surface area contributed by atoms with E-state index in [-0.39, 0.29) is 5.69 Å². The predicted octanol–water partition coefficient (Wildman–Crippen LogP) is 5.09. The van der Waals surface area contributed by atoms with Crippen LogP contribution in [0.2, 0.25) is 0 Å². The molecule has 1 N–H and O–H groups in total. The monoisotopic (exact) mass is 348 g/mol. The van der Waals surface area contributed by atoms with E-state index in [1.807, 2.05) is 6.07 Å². The molecular formula is C16H17BrN2O2. The zero-order valence-corrected chi connectivity index (χ0v) is 13.6. The Morgan fingerprint density at radius 3 is 2.43 bits per heavy atom. The maximum absolute atomic E-state index is 10.9. The van der Waals surface area contributed by atoms with E-state index in [0.717, 1.165) is 11.3 Å². The number of rotatable bonds is 5. The van der Waals surface area contributed by atoms with Crippen LogP contribution in [0.15, 0.2) is 46.9 Å². The van der Waals surface area contributed by atoms with Gasteiger partial charge in [-0.2, -0.15) is 0 Å². The number of anilines is 1. The van der Waals surface area contributed by atoms with Crippen molar-refractivity contribution in [3.63, 3.8) is 0 Å². The second-order valence-corrected chi connectivity index (χ2v) is 6.03. The summed E-state index contributed by atoms with van der Waals surface area (Å²) in [7, 11) is 0. The molecule has 0 fully saturated rings. The van der Waals surface area contributed by atoms with Crippen LogP contribution in [0.1, 0.15) is 30.9 Å². The lowest BCUT2D eigenvalue weighted by Gasteiger charge is -2.09. The molecule has 0 bridgehead atoms. The highest BCUT2D eigenvalue weighted by Gasteiger charge is 2.12. The molecule has 0 spiro atoms. The van der Waals surface area contributed by atoms with E-state index in [9.17, 15) is 10.1 Å². The highest BCUT2D eigenvalue weighted by atomic mass is 79.9. The average Bonchev–Trinajstić information content (AvgIpc) is 2.46. The van der Waals surface area contributed by atoms with Crippen molar-refractivity contribution in [2.45, 2.75) is 26.3 Å². The van der Waals surface area contributed by atoms with Gasteiger partial charge in [0, 0.05) is 18.3 Å². The van der Waals surface area contributed by atoms with E-state index in [0.29, 0.717) is 16.9 Å². The molecule has 0 aliphatic rings. The van der Waals surface area contributed by atoms with Gasteiger partial charge in [0.25, 0.3) is 5.69 Å². The van der Waals surface area contributed by atoms with Crippen LogP contribution in [0.25, 0.3) is 0 Å². The van der Waals surface area contributed by atoms with Crippen LogP contribution < -0.4 is 5.32 Å². The number of nitro groups is 1. The molecular weight excluding hydrogens is 332 g/mol. The minimum Gasteiger partial charge on any atom is -0.381 e. The van der Waals surface area contributed by atoms with E-state index >= 15 is 0 Å². The second-order valence-electron chi connectivity index (χ2n) is 5.17. The maximum Gasteiger partial charge on any atom is 0.285 e. The standard InChI is InChI=1S/C16H17BrN2O2/c1-11(2)13-5-3-12(4-6-13)10-18-14-7-8-15(17)16(9-14)19(20)21/h3-9,11,18H,10H2,1-2H3. The summed E-state index contributed by atoms with van der Waals surface area (Å²) in [6, 6.07) is 13.4. The lowest BCUT2D eigenvalue weighted by Crippen LogP contribution is -2.00. The van der Waals surface area contributed by atoms with E-state index in [1.165, 1.54) is 11.6 Å². The molecule has 4 nitrogen and oxygen atoms in total. The van der Waals surface area contributed by atoms with Gasteiger partial charge in [-0.15, -0.1) is 0 Å². The number of nitro benzene ring substituents is 1. The van der Waals surface area contributed by atoms with Crippen LogP contribution in [-0.2, 0) is 6.54 Å². The summed E-state index contributed by atoms with van der Waals surface area (Å²) in [6.07, 6.45) is 0. The quantitative estimate of drug-likeness (QED) is 0.604. The summed E-state index contributed by atoms with van der Waals surface area (Å²) in [5.74, 6) is 0.515. The summed E-state index contributed by atoms with van der Waals surface area (Å²) in [6.45, 7) is 4.96. The van der Waals surface area contributed by atoms with Crippen LogP contribution >= 0.6 is 15.9 Å². The number of benzene rings is 2. The van der Waals surface area contributed by atoms with Gasteiger partial charge in [-0.3, -0.25) is 10.1 Å². The summed E-state index contributed by atoms with van der Waals surface area (Å²) in [5.41, 5.74) is 3.25. The molecule has 2 aromatic carbocycles. The van der Waals surface area contributed by atoms with Gasteiger partial charge >= 0.3 is 0 Å². The Hall–Kier alpha value is -1.88. The highest BCUT2D eigenvalue weighted by Crippen LogP contribution is 2.28. The summed E-state index contributed by atoms with van der Waals surface area (Å²) < 4.78 is 0.485. The minimum absolute atomic E-state index is 0.0650. The average molecular weight is 349 g/mol. The third-order valence-corrected chi connectivity index (χ3v) is 3.96. The lowest BCUT2D eigenvalue weighted by molar-refractivity contribution is -0.385. The first-order chi connectivity index (χ1) is 9.97. The molecule has 2 aromatic rings. The molecule has 0 atom stereocenters. The number of halogens is 1. The van der Waals surface area contributed by atoms with Crippen molar-refractivity contribution in [2.75, 3.05) is 5.32 Å². The van der Waals surface area contributed by atoms with Crippen LogP contribution in [0.3, 0.4) is 0 Å². The first-order valence-electron chi connectivity index (χ1n) is 6.74. The normalized spacial score (nSPS) is 10.7. The van der Waals surface area contributed by atoms with Gasteiger partial charge in [-0.25, -0.2) is 0 Å². The van der Waals surface area contributed by atoms with Crippen molar-refractivity contribution in [1.29, 1.82) is 0 Å². The largest absolute Gasteiger partial charge is 0.381 e. The Labute approximate surface area is 132 Å². The fourth-order valence-corrected chi connectivity index (χ4v) is 2.38. The van der Waals surface area contributed by atoms with E-state index in [2.05, 4.69) is 59.4 Å². The molecule has 0 aromatic heterocycles. The second kappa shape index (κ2) is 6.72. The number of nitrogens with one attached hydrogen (secondary N) is 1. The van der Waals surface area contributed by atoms with Crippen molar-refractivity contribution < 1.29 is 4.92 Å². The van der Waals surface area contributed by atoms with Gasteiger partial charge in [0.05, 0.1) is 9.40 Å². The van der Waals surface area contributed by atoms with Gasteiger partial charge in [0.15, 0.2) is 0 Å². The van der Waals surface area contributed by atoms with Gasteiger partial charge in [0.2, 0.25) is 0 Å². The fourth-order valence-electron chi connectivity index (χ4n) is 1.99. The topological polar surface area (TPSA) is 55.2 Å². The van der Waals surface area contributed by atoms with Crippen LogP contribution in [0.5, 0.6) is 0 Å². The molecule has 0 radical (unpaired) electrons. The molecule has 110 valence electrons. The van der Waals surface area contributed by atoms with E-state index in [4.69, 9.17) is 0 Å². The Morgan fingerprint density at radius 2 is 1.86 bits per heavy atom. The van der Waals surface area contributed by atoms with Gasteiger partial charge in [0.1, 0.15) is 0 Å². The molecule has 0 saturated carbocycles. The zero-order valence-electron chi connectivity index (χ0n) is 12.0. The maximum atomic E-state index is 10.9. The van der Waals surface area contributed by atoms with Crippen molar-refractivity contribution >= 4 is 27.3 Å². The molecule has 0 amide bonds. The van der Waals surface area contributed by atoms with Crippen molar-refractivity contribution in [1.82, 2.24) is 0 Å². The SMILES string of the molecule is CC(C)c1ccc(CNc2ccc(Br)c([N+](=O)[O-])c2)cc1. The number of nitrogens with zero attached hydrogens (tertiary/aromatic N) is 1. The minimum atomic E-state index is -0.396. The Morgan fingerprint density at radius 1 is 1.19 bits per heavy atom. The molecule has 0 aliphatic carbocycles. The molecule has 2 rings (SSSR count). The number of hydrogen-bond acceptors (Lipinski definition) is 3. The van der Waals surface area contributed by atoms with E-state index < -0.39 is 4.92 Å². The Bertz CT molecular complexity index is 639. The molecule has 0 saturated heterocycles. The van der Waals surface area contributed by atoms with Crippen LogP contribution in [0.4, 0.5) is 11.4 Å². The Kier molecular flexibility index (Phi) is 4.96. The highest BCUT2D eigenvalue weighted by molar-refractivity contribution is 9.10. The molecule has 21 heavy (non-hydrogen) atoms. The Balaban J connectivity index is 2.06. The predicted molar refractivity (Wildman–Crippen MR) is 88.7 cm³/mol. The van der Waals surface area contributed by atoms with Crippen LogP contribution in [0, 0.1) is 10.1 Å². The van der Waals surface area contributed by atoms with Crippen molar-refractivity contribution in [3.8, 4) is 0 Å². The van der Waals surface area contributed by atoms with Crippen molar-refractivity contribution in [2.24, 2.45) is 0 Å². The first kappa shape index (κ1) is 15.5. The zero-order chi connectivity index (χ0) is 15.4. The lowest BCUT2D eigenvalue weighted by atomic mass is 10.0. The van der Waals surface area contributed by atoms with Crippen LogP contribution in [-0.4, -0.2) is 4.92 Å². The fraction of sp³-hybridized carbons (Fsp3) is 0.250. The summed E-state index contributed by atoms with van der Waals surface area (Å²) >= 11 is 3.18. The summed E-state index contributed by atoms with van der Waals surface area (Å²) in [4.78, 5) is 10.5. The smallest absolute Gasteiger partial charge is 0.285 e. The third-order valence-electron chi connectivity index (χ3n) is 3.29. The van der Waals surface area contributed by atoms with Gasteiger partial charge in [-0.1, -0.05) is 38.1 Å². The number of hydrogen-bond donors (Lipinski definition) is 1. The molecule has 0 aliphatic heterocycles. The van der Waals surface area contributed by atoms with E-state index in [1.54, 1.807) is 6.07 Å². The summed E-state index contributed by atoms with van der Waals surface area (Å²) in [5, 5.41) is 14.1. The molecule has 5 heteroatoms. The first-order valence-corrected chi connectivity index (χ1v) is 7.53. The van der Waals surface area contributed by atoms with Gasteiger partial charge in [-0.05, 0) is 45.1 Å². The van der Waals surface area contributed by atoms with Gasteiger partial charge < -0.3 is 5.32 Å². The third kappa shape index (κ3) is 4.04. The molecule has 0 heterocycles. The van der Waals surface area contributed by atoms with Crippen molar-refractivity contribution in [3.05, 3.63) is 68.2 Å².